The van der Waals surface area contributed by atoms with Gasteiger partial charge in [0.1, 0.15) is 0 Å². The number of nitrogens with zero attached hydrogens (tertiary/aromatic N) is 1. The minimum absolute atomic E-state index is 0.170. The number of hydrogen-bond donors (Lipinski definition) is 0. The molecule has 18 heavy (non-hydrogen) atoms. The van der Waals surface area contributed by atoms with E-state index < -0.39 is 0 Å². The first-order valence-corrected chi connectivity index (χ1v) is 6.88. The summed E-state index contributed by atoms with van der Waals surface area (Å²) in [4.78, 5) is 2.61. The van der Waals surface area contributed by atoms with Crippen LogP contribution in [0.5, 0.6) is 0 Å². The third-order valence-corrected chi connectivity index (χ3v) is 4.25. The van der Waals surface area contributed by atoms with Crippen LogP contribution >= 0.6 is 0 Å². The topological polar surface area (TPSA) is 21.7 Å². The van der Waals surface area contributed by atoms with Crippen molar-refractivity contribution in [3.8, 4) is 0 Å². The molecule has 3 rings (SSSR count). The van der Waals surface area contributed by atoms with Crippen molar-refractivity contribution in [3.63, 3.8) is 0 Å². The fourth-order valence-electron chi connectivity index (χ4n) is 3.24. The van der Waals surface area contributed by atoms with Crippen LogP contribution in [0, 0.1) is 0 Å². The average molecular weight is 247 g/mol. The molecule has 0 aromatic heterocycles. The van der Waals surface area contributed by atoms with Crippen LogP contribution < -0.4 is 0 Å². The van der Waals surface area contributed by atoms with Crippen molar-refractivity contribution >= 4 is 0 Å². The molecule has 0 radical (unpaired) electrons. The van der Waals surface area contributed by atoms with Gasteiger partial charge in [-0.05, 0) is 18.4 Å². The highest BCUT2D eigenvalue weighted by Crippen LogP contribution is 2.38. The van der Waals surface area contributed by atoms with E-state index >= 15 is 0 Å². The van der Waals surface area contributed by atoms with E-state index in [1.807, 2.05) is 0 Å². The molecule has 3 nitrogen and oxygen atoms in total. The van der Waals surface area contributed by atoms with Gasteiger partial charge in [0.2, 0.25) is 0 Å². The molecular weight excluding hydrogens is 226 g/mol. The molecule has 2 aliphatic heterocycles. The lowest BCUT2D eigenvalue weighted by molar-refractivity contribution is -0.0746. The highest BCUT2D eigenvalue weighted by Gasteiger charge is 2.40. The van der Waals surface area contributed by atoms with Crippen molar-refractivity contribution in [1.29, 1.82) is 0 Å². The van der Waals surface area contributed by atoms with Crippen molar-refractivity contribution in [2.75, 3.05) is 39.5 Å². The van der Waals surface area contributed by atoms with Crippen LogP contribution in [0.2, 0.25) is 0 Å². The first-order valence-electron chi connectivity index (χ1n) is 6.88. The number of hydrogen-bond acceptors (Lipinski definition) is 3. The summed E-state index contributed by atoms with van der Waals surface area (Å²) in [6.45, 7) is 5.52. The van der Waals surface area contributed by atoms with Crippen LogP contribution in [-0.2, 0) is 15.0 Å². The highest BCUT2D eigenvalue weighted by atomic mass is 16.5. The zero-order valence-electron chi connectivity index (χ0n) is 10.8. The quantitative estimate of drug-likeness (QED) is 0.798. The van der Waals surface area contributed by atoms with Gasteiger partial charge >= 0.3 is 0 Å². The van der Waals surface area contributed by atoms with Crippen LogP contribution in [0.1, 0.15) is 18.4 Å². The Morgan fingerprint density at radius 1 is 0.833 bits per heavy atom. The van der Waals surface area contributed by atoms with Crippen molar-refractivity contribution in [2.45, 2.75) is 18.4 Å². The van der Waals surface area contributed by atoms with Crippen LogP contribution in [0.4, 0.5) is 0 Å². The standard InChI is InChI=1S/C15H21NO2/c1-2-4-14(5-3-1)15(6-10-17-11-7-15)16-8-12-18-13-9-16/h1-5H,6-13H2. The van der Waals surface area contributed by atoms with Crippen LogP contribution in [0.15, 0.2) is 30.3 Å². The van der Waals surface area contributed by atoms with E-state index in [9.17, 15) is 0 Å². The van der Waals surface area contributed by atoms with E-state index in [-0.39, 0.29) is 5.54 Å². The molecule has 0 N–H and O–H groups in total. The van der Waals surface area contributed by atoms with Gasteiger partial charge < -0.3 is 9.47 Å². The third kappa shape index (κ3) is 2.18. The number of morpholine rings is 1. The van der Waals surface area contributed by atoms with Crippen LogP contribution in [0.3, 0.4) is 0 Å². The van der Waals surface area contributed by atoms with Gasteiger partial charge in [-0.2, -0.15) is 0 Å². The maximum Gasteiger partial charge on any atom is 0.0594 e. The Balaban J connectivity index is 1.92. The summed E-state index contributed by atoms with van der Waals surface area (Å²) >= 11 is 0. The van der Waals surface area contributed by atoms with Gasteiger partial charge in [0.15, 0.2) is 0 Å². The molecule has 0 atom stereocenters. The van der Waals surface area contributed by atoms with Crippen molar-refractivity contribution in [2.24, 2.45) is 0 Å². The average Bonchev–Trinajstić information content (AvgIpc) is 2.50. The van der Waals surface area contributed by atoms with Gasteiger partial charge in [-0.15, -0.1) is 0 Å². The summed E-state index contributed by atoms with van der Waals surface area (Å²) in [6, 6.07) is 10.9. The Morgan fingerprint density at radius 2 is 1.44 bits per heavy atom. The molecule has 2 saturated heterocycles. The first kappa shape index (κ1) is 12.2. The van der Waals surface area contributed by atoms with E-state index in [4.69, 9.17) is 9.47 Å². The third-order valence-electron chi connectivity index (χ3n) is 4.25. The molecule has 2 fully saturated rings. The Kier molecular flexibility index (Phi) is 3.64. The lowest BCUT2D eigenvalue weighted by Gasteiger charge is -2.48. The van der Waals surface area contributed by atoms with Gasteiger partial charge in [-0.25, -0.2) is 0 Å². The summed E-state index contributed by atoms with van der Waals surface area (Å²) < 4.78 is 11.1. The summed E-state index contributed by atoms with van der Waals surface area (Å²) in [5.74, 6) is 0. The lowest BCUT2D eigenvalue weighted by atomic mass is 9.80. The van der Waals surface area contributed by atoms with Crippen molar-refractivity contribution < 1.29 is 9.47 Å². The Morgan fingerprint density at radius 3 is 2.11 bits per heavy atom. The summed E-state index contributed by atoms with van der Waals surface area (Å²) in [6.07, 6.45) is 2.19. The molecule has 0 saturated carbocycles. The first-order chi connectivity index (χ1) is 8.92. The second kappa shape index (κ2) is 5.39. The molecule has 3 heteroatoms. The summed E-state index contributed by atoms with van der Waals surface area (Å²) in [7, 11) is 0. The molecule has 98 valence electrons. The Bertz CT molecular complexity index is 367. The SMILES string of the molecule is c1ccc(C2(N3CCOCC3)CCOCC2)cc1. The van der Waals surface area contributed by atoms with E-state index in [1.54, 1.807) is 0 Å². The fraction of sp³-hybridized carbons (Fsp3) is 0.600. The molecule has 0 bridgehead atoms. The van der Waals surface area contributed by atoms with E-state index in [0.717, 1.165) is 52.4 Å². The van der Waals surface area contributed by atoms with Gasteiger partial charge in [-0.3, -0.25) is 4.90 Å². The minimum atomic E-state index is 0.170. The summed E-state index contributed by atoms with van der Waals surface area (Å²) in [5, 5.41) is 0. The molecule has 0 unspecified atom stereocenters. The molecule has 1 aromatic rings. The number of rotatable bonds is 2. The molecule has 1 aromatic carbocycles. The van der Waals surface area contributed by atoms with E-state index in [0.29, 0.717) is 0 Å². The highest BCUT2D eigenvalue weighted by molar-refractivity contribution is 5.25. The molecule has 0 amide bonds. The zero-order valence-corrected chi connectivity index (χ0v) is 10.8. The summed E-state index contributed by atoms with van der Waals surface area (Å²) in [5.41, 5.74) is 1.61. The second-order valence-electron chi connectivity index (χ2n) is 5.11. The molecule has 0 spiro atoms. The monoisotopic (exact) mass is 247 g/mol. The smallest absolute Gasteiger partial charge is 0.0594 e. The Hall–Kier alpha value is -0.900. The maximum atomic E-state index is 5.58. The predicted molar refractivity (Wildman–Crippen MR) is 70.6 cm³/mol. The van der Waals surface area contributed by atoms with E-state index in [1.165, 1.54) is 5.56 Å². The molecular formula is C15H21NO2. The Labute approximate surface area is 109 Å². The van der Waals surface area contributed by atoms with Gasteiger partial charge in [0.25, 0.3) is 0 Å². The van der Waals surface area contributed by atoms with Crippen molar-refractivity contribution in [3.05, 3.63) is 35.9 Å². The molecule has 0 aliphatic carbocycles. The molecule has 2 aliphatic rings. The minimum Gasteiger partial charge on any atom is -0.381 e. The fourth-order valence-corrected chi connectivity index (χ4v) is 3.24. The van der Waals surface area contributed by atoms with Crippen LogP contribution in [0.25, 0.3) is 0 Å². The van der Waals surface area contributed by atoms with Crippen LogP contribution in [-0.4, -0.2) is 44.4 Å². The zero-order chi connectivity index (χ0) is 12.3. The van der Waals surface area contributed by atoms with Crippen molar-refractivity contribution in [1.82, 2.24) is 4.90 Å². The maximum absolute atomic E-state index is 5.58. The van der Waals surface area contributed by atoms with Gasteiger partial charge in [0.05, 0.1) is 18.8 Å². The normalized spacial score (nSPS) is 24.9. The predicted octanol–water partition coefficient (Wildman–Crippen LogP) is 2.02. The number of ether oxygens (including phenoxy) is 2. The lowest BCUT2D eigenvalue weighted by Crippen LogP contribution is -2.53. The number of benzene rings is 1. The van der Waals surface area contributed by atoms with Gasteiger partial charge in [-0.1, -0.05) is 30.3 Å². The van der Waals surface area contributed by atoms with Gasteiger partial charge in [0, 0.05) is 26.3 Å². The molecule has 2 heterocycles. The largest absolute Gasteiger partial charge is 0.381 e. The van der Waals surface area contributed by atoms with E-state index in [2.05, 4.69) is 35.2 Å². The second-order valence-corrected chi connectivity index (χ2v) is 5.11.